The van der Waals surface area contributed by atoms with E-state index in [0.29, 0.717) is 24.2 Å². The van der Waals surface area contributed by atoms with E-state index in [9.17, 15) is 14.4 Å². The first-order chi connectivity index (χ1) is 15.9. The highest BCUT2D eigenvalue weighted by molar-refractivity contribution is 5.98. The summed E-state index contributed by atoms with van der Waals surface area (Å²) < 4.78 is 5.38. The maximum Gasteiger partial charge on any atom is 0.329 e. The number of carbonyl (C=O) groups is 3. The van der Waals surface area contributed by atoms with Crippen LogP contribution in [0.2, 0.25) is 0 Å². The molecule has 168 valence electrons. The minimum absolute atomic E-state index is 0.243. The monoisotopic (exact) mass is 442 g/mol. The molecule has 0 spiro atoms. The van der Waals surface area contributed by atoms with Gasteiger partial charge in [0.1, 0.15) is 6.04 Å². The van der Waals surface area contributed by atoms with Gasteiger partial charge in [0.25, 0.3) is 11.8 Å². The molecule has 0 aliphatic carbocycles. The third-order valence-electron chi connectivity index (χ3n) is 5.89. The Morgan fingerprint density at radius 3 is 2.21 bits per heavy atom. The van der Waals surface area contributed by atoms with Gasteiger partial charge in [-0.3, -0.25) is 9.59 Å². The number of hydrogen-bond acceptors (Lipinski definition) is 4. The van der Waals surface area contributed by atoms with Gasteiger partial charge in [-0.05, 0) is 48.2 Å². The molecule has 1 aliphatic heterocycles. The van der Waals surface area contributed by atoms with Gasteiger partial charge in [0, 0.05) is 24.2 Å². The molecule has 0 radical (unpaired) electrons. The summed E-state index contributed by atoms with van der Waals surface area (Å²) in [6.07, 6.45) is 0.339. The van der Waals surface area contributed by atoms with Gasteiger partial charge in [0.15, 0.2) is 6.61 Å². The number of para-hydroxylation sites is 1. The van der Waals surface area contributed by atoms with Crippen molar-refractivity contribution in [2.45, 2.75) is 32.9 Å². The van der Waals surface area contributed by atoms with Crippen molar-refractivity contribution in [2.24, 2.45) is 0 Å². The highest BCUT2D eigenvalue weighted by Crippen LogP contribution is 2.26. The minimum Gasteiger partial charge on any atom is -0.454 e. The normalized spacial score (nSPS) is 14.8. The standard InChI is InChI=1S/C27H26N2O4/c1-18-9-8-10-19(2)25(18)28-24(30)17-33-27(32)23-15-21-13-6-7-14-22(21)16-29(23)26(31)20-11-4-3-5-12-20/h3-14,23H,15-17H2,1-2H3,(H,28,30)/t23-/m0/s1. The van der Waals surface area contributed by atoms with Crippen molar-refractivity contribution in [1.29, 1.82) is 0 Å². The topological polar surface area (TPSA) is 75.7 Å². The predicted molar refractivity (Wildman–Crippen MR) is 126 cm³/mol. The Morgan fingerprint density at radius 1 is 0.879 bits per heavy atom. The maximum absolute atomic E-state index is 13.2. The Bertz CT molecular complexity index is 1170. The SMILES string of the molecule is Cc1cccc(C)c1NC(=O)COC(=O)[C@@H]1Cc2ccccc2CN1C(=O)c1ccccc1. The number of anilines is 1. The van der Waals surface area contributed by atoms with Crippen molar-refractivity contribution in [1.82, 2.24) is 4.90 Å². The number of nitrogens with one attached hydrogen (secondary N) is 1. The summed E-state index contributed by atoms with van der Waals surface area (Å²) in [4.78, 5) is 40.3. The van der Waals surface area contributed by atoms with Crippen LogP contribution in [-0.4, -0.2) is 35.3 Å². The highest BCUT2D eigenvalue weighted by atomic mass is 16.5. The number of benzene rings is 3. The average Bonchev–Trinajstić information content (AvgIpc) is 2.84. The molecule has 0 unspecified atom stereocenters. The zero-order valence-corrected chi connectivity index (χ0v) is 18.7. The second-order valence-electron chi connectivity index (χ2n) is 8.21. The van der Waals surface area contributed by atoms with Crippen LogP contribution >= 0.6 is 0 Å². The van der Waals surface area contributed by atoms with Gasteiger partial charge in [-0.15, -0.1) is 0 Å². The Balaban J connectivity index is 1.49. The van der Waals surface area contributed by atoms with Gasteiger partial charge in [0.2, 0.25) is 0 Å². The first-order valence-corrected chi connectivity index (χ1v) is 10.9. The van der Waals surface area contributed by atoms with Crippen LogP contribution in [0, 0.1) is 13.8 Å². The predicted octanol–water partition coefficient (Wildman–Crippen LogP) is 4.05. The molecule has 6 nitrogen and oxygen atoms in total. The Hall–Kier alpha value is -3.93. The lowest BCUT2D eigenvalue weighted by atomic mass is 9.93. The van der Waals surface area contributed by atoms with Gasteiger partial charge in [-0.2, -0.15) is 0 Å². The van der Waals surface area contributed by atoms with E-state index in [4.69, 9.17) is 4.74 Å². The van der Waals surface area contributed by atoms with E-state index >= 15 is 0 Å². The van der Waals surface area contributed by atoms with Crippen LogP contribution in [0.3, 0.4) is 0 Å². The molecular formula is C27H26N2O4. The number of carbonyl (C=O) groups excluding carboxylic acids is 3. The van der Waals surface area contributed by atoms with Gasteiger partial charge in [-0.25, -0.2) is 4.79 Å². The summed E-state index contributed by atoms with van der Waals surface area (Å²) in [5.74, 6) is -1.25. The fourth-order valence-electron chi connectivity index (χ4n) is 4.11. The Labute approximate surface area is 193 Å². The van der Waals surface area contributed by atoms with E-state index < -0.39 is 24.5 Å². The first-order valence-electron chi connectivity index (χ1n) is 10.9. The van der Waals surface area contributed by atoms with Crippen molar-refractivity contribution in [3.63, 3.8) is 0 Å². The van der Waals surface area contributed by atoms with Crippen LogP contribution in [0.4, 0.5) is 5.69 Å². The number of esters is 1. The van der Waals surface area contributed by atoms with Crippen LogP contribution in [-0.2, 0) is 27.3 Å². The van der Waals surface area contributed by atoms with E-state index in [1.54, 1.807) is 24.3 Å². The second kappa shape index (κ2) is 9.69. The molecule has 0 bridgehead atoms. The minimum atomic E-state index is -0.805. The molecule has 0 saturated heterocycles. The number of fused-ring (bicyclic) bond motifs is 1. The van der Waals surface area contributed by atoms with Gasteiger partial charge >= 0.3 is 5.97 Å². The summed E-state index contributed by atoms with van der Waals surface area (Å²) in [7, 11) is 0. The summed E-state index contributed by atoms with van der Waals surface area (Å²) in [6.45, 7) is 3.69. The lowest BCUT2D eigenvalue weighted by Gasteiger charge is -2.35. The van der Waals surface area contributed by atoms with Crippen molar-refractivity contribution in [2.75, 3.05) is 11.9 Å². The number of nitrogens with zero attached hydrogens (tertiary/aromatic N) is 1. The van der Waals surface area contributed by atoms with Crippen LogP contribution in [0.15, 0.2) is 72.8 Å². The number of rotatable bonds is 5. The molecule has 2 amide bonds. The molecule has 1 aliphatic rings. The largest absolute Gasteiger partial charge is 0.454 e. The summed E-state index contributed by atoms with van der Waals surface area (Å²) in [5.41, 5.74) is 5.07. The molecule has 1 atom stereocenters. The molecule has 0 saturated carbocycles. The number of aryl methyl sites for hydroxylation is 2. The Morgan fingerprint density at radius 2 is 1.52 bits per heavy atom. The van der Waals surface area contributed by atoms with Gasteiger partial charge < -0.3 is 15.0 Å². The zero-order valence-electron chi connectivity index (χ0n) is 18.7. The summed E-state index contributed by atoms with van der Waals surface area (Å²) in [5, 5.41) is 2.82. The van der Waals surface area contributed by atoms with Crippen LogP contribution in [0.25, 0.3) is 0 Å². The molecule has 4 rings (SSSR count). The molecule has 6 heteroatoms. The molecule has 0 fully saturated rings. The van der Waals surface area contributed by atoms with Crippen molar-refractivity contribution >= 4 is 23.5 Å². The van der Waals surface area contributed by atoms with E-state index in [0.717, 1.165) is 22.3 Å². The number of amides is 2. The van der Waals surface area contributed by atoms with Crippen LogP contribution in [0.5, 0.6) is 0 Å². The smallest absolute Gasteiger partial charge is 0.329 e. The lowest BCUT2D eigenvalue weighted by Crippen LogP contribution is -2.49. The van der Waals surface area contributed by atoms with Gasteiger partial charge in [0.05, 0.1) is 0 Å². The fourth-order valence-corrected chi connectivity index (χ4v) is 4.11. The third kappa shape index (κ3) is 4.95. The third-order valence-corrected chi connectivity index (χ3v) is 5.89. The van der Waals surface area contributed by atoms with Crippen LogP contribution < -0.4 is 5.32 Å². The van der Waals surface area contributed by atoms with Crippen LogP contribution in [0.1, 0.15) is 32.6 Å². The fraction of sp³-hybridized carbons (Fsp3) is 0.222. The maximum atomic E-state index is 13.2. The summed E-state index contributed by atoms with van der Waals surface area (Å²) in [6, 6.07) is 21.5. The summed E-state index contributed by atoms with van der Waals surface area (Å²) >= 11 is 0. The molecule has 1 heterocycles. The number of hydrogen-bond donors (Lipinski definition) is 1. The highest BCUT2D eigenvalue weighted by Gasteiger charge is 2.36. The lowest BCUT2D eigenvalue weighted by molar-refractivity contribution is -0.152. The number of ether oxygens (including phenoxy) is 1. The first kappa shape index (κ1) is 22.3. The van der Waals surface area contributed by atoms with E-state index in [-0.39, 0.29) is 5.91 Å². The van der Waals surface area contributed by atoms with E-state index in [2.05, 4.69) is 5.32 Å². The molecule has 0 aromatic heterocycles. The van der Waals surface area contributed by atoms with E-state index in [1.165, 1.54) is 4.90 Å². The molecule has 3 aromatic carbocycles. The van der Waals surface area contributed by atoms with Crippen molar-refractivity contribution in [3.05, 3.63) is 101 Å². The molecule has 3 aromatic rings. The molecular weight excluding hydrogens is 416 g/mol. The zero-order chi connectivity index (χ0) is 23.4. The molecule has 33 heavy (non-hydrogen) atoms. The van der Waals surface area contributed by atoms with E-state index in [1.807, 2.05) is 62.4 Å². The van der Waals surface area contributed by atoms with Crippen molar-refractivity contribution < 1.29 is 19.1 Å². The van der Waals surface area contributed by atoms with Gasteiger partial charge in [-0.1, -0.05) is 60.7 Å². The Kier molecular flexibility index (Phi) is 6.54. The second-order valence-corrected chi connectivity index (χ2v) is 8.21. The quantitative estimate of drug-likeness (QED) is 0.605. The average molecular weight is 443 g/mol. The van der Waals surface area contributed by atoms with Crippen molar-refractivity contribution in [3.8, 4) is 0 Å². The molecule has 1 N–H and O–H groups in total.